The lowest BCUT2D eigenvalue weighted by Crippen LogP contribution is -2.35. The molecule has 1 aromatic carbocycles. The minimum atomic E-state index is -1.08. The molecule has 8 heteroatoms. The number of aromatic nitrogens is 3. The number of nitrogens with one attached hydrogen (secondary N) is 1. The van der Waals surface area contributed by atoms with E-state index in [-0.39, 0.29) is 12.6 Å². The third-order valence-electron chi connectivity index (χ3n) is 4.04. The van der Waals surface area contributed by atoms with Gasteiger partial charge in [-0.3, -0.25) is 0 Å². The van der Waals surface area contributed by atoms with E-state index in [9.17, 15) is 10.0 Å². The van der Waals surface area contributed by atoms with Crippen molar-refractivity contribution >= 4 is 28.0 Å². The zero-order valence-electron chi connectivity index (χ0n) is 12.1. The summed E-state index contributed by atoms with van der Waals surface area (Å²) in [4.78, 5) is 15.3. The first kappa shape index (κ1) is 13.8. The fourth-order valence-corrected chi connectivity index (χ4v) is 3.11. The molecule has 0 fully saturated rings. The molecule has 1 aliphatic heterocycles. The van der Waals surface area contributed by atoms with Crippen LogP contribution in [0.4, 0.5) is 4.79 Å². The van der Waals surface area contributed by atoms with Crippen LogP contribution in [-0.2, 0) is 11.3 Å². The van der Waals surface area contributed by atoms with Gasteiger partial charge in [-0.05, 0) is 6.07 Å². The Hall–Kier alpha value is -2.87. The van der Waals surface area contributed by atoms with Crippen molar-refractivity contribution in [2.45, 2.75) is 12.6 Å². The van der Waals surface area contributed by atoms with Crippen molar-refractivity contribution in [2.75, 3.05) is 13.2 Å². The van der Waals surface area contributed by atoms with Gasteiger partial charge in [0.1, 0.15) is 12.4 Å². The Bertz CT molecular complexity index is 921. The van der Waals surface area contributed by atoms with Crippen LogP contribution in [0.15, 0.2) is 30.5 Å². The summed E-state index contributed by atoms with van der Waals surface area (Å²) in [5.74, 6) is 0.694. The van der Waals surface area contributed by atoms with Gasteiger partial charge in [-0.1, -0.05) is 12.1 Å². The maximum absolute atomic E-state index is 12.1. The molecule has 0 bridgehead atoms. The molecule has 3 aromatic rings. The molecular weight excluding hydrogens is 300 g/mol. The summed E-state index contributed by atoms with van der Waals surface area (Å²) in [6.07, 6.45) is 0.369. The number of rotatable bonds is 2. The van der Waals surface area contributed by atoms with Gasteiger partial charge in [0.2, 0.25) is 11.7 Å². The van der Waals surface area contributed by atoms with Crippen molar-refractivity contribution in [3.05, 3.63) is 41.5 Å². The first-order chi connectivity index (χ1) is 11.1. The quantitative estimate of drug-likeness (QED) is 0.546. The maximum Gasteiger partial charge on any atom is 0.404 e. The third-order valence-corrected chi connectivity index (χ3v) is 4.04. The van der Waals surface area contributed by atoms with Crippen LogP contribution in [0.3, 0.4) is 0 Å². The van der Waals surface area contributed by atoms with E-state index in [1.807, 2.05) is 22.8 Å². The van der Waals surface area contributed by atoms with E-state index >= 15 is 0 Å². The minimum absolute atomic E-state index is 0.203. The lowest BCUT2D eigenvalue weighted by molar-refractivity contribution is -0.575. The molecule has 0 radical (unpaired) electrons. The van der Waals surface area contributed by atoms with Crippen LogP contribution in [0, 0.1) is 5.21 Å². The van der Waals surface area contributed by atoms with Crippen LogP contribution in [0.2, 0.25) is 0 Å². The van der Waals surface area contributed by atoms with Crippen molar-refractivity contribution < 1.29 is 19.4 Å². The molecule has 118 valence electrons. The van der Waals surface area contributed by atoms with E-state index in [1.165, 1.54) is 6.20 Å². The Balaban J connectivity index is 1.96. The second kappa shape index (κ2) is 5.10. The number of benzene rings is 1. The Labute approximate surface area is 130 Å². The van der Waals surface area contributed by atoms with Gasteiger partial charge in [0, 0.05) is 12.6 Å². The highest BCUT2D eigenvalue weighted by molar-refractivity contribution is 6.00. The molecule has 4 rings (SSSR count). The number of carboxylic acid groups (broad SMARTS) is 1. The summed E-state index contributed by atoms with van der Waals surface area (Å²) >= 11 is 0. The second-order valence-corrected chi connectivity index (χ2v) is 5.46. The SMILES string of the molecule is O=C(O)NC[C@H]1COCc2nc3c[n+]([O-])c4ccccc4c3n21. The van der Waals surface area contributed by atoms with E-state index in [1.54, 1.807) is 6.07 Å². The predicted molar refractivity (Wildman–Crippen MR) is 80.9 cm³/mol. The fraction of sp³-hybridized carbons (Fsp3) is 0.267. The maximum atomic E-state index is 12.1. The second-order valence-electron chi connectivity index (χ2n) is 5.46. The number of pyridine rings is 1. The van der Waals surface area contributed by atoms with Crippen LogP contribution < -0.4 is 10.0 Å². The van der Waals surface area contributed by atoms with Gasteiger partial charge in [0.25, 0.3) is 0 Å². The van der Waals surface area contributed by atoms with E-state index in [2.05, 4.69) is 10.3 Å². The first-order valence-electron chi connectivity index (χ1n) is 7.21. The molecular formula is C15H14N4O4. The topological polar surface area (TPSA) is 103 Å². The fourth-order valence-electron chi connectivity index (χ4n) is 3.11. The third kappa shape index (κ3) is 2.15. The van der Waals surface area contributed by atoms with Gasteiger partial charge >= 0.3 is 6.09 Å². The highest BCUT2D eigenvalue weighted by Gasteiger charge is 2.27. The molecule has 8 nitrogen and oxygen atoms in total. The number of imidazole rings is 1. The number of fused-ring (bicyclic) bond motifs is 5. The molecule has 0 saturated heterocycles. The summed E-state index contributed by atoms with van der Waals surface area (Å²) in [6.45, 7) is 0.944. The predicted octanol–water partition coefficient (Wildman–Crippen LogP) is 1.16. The molecule has 1 aliphatic rings. The van der Waals surface area contributed by atoms with Gasteiger partial charge in [-0.25, -0.2) is 9.78 Å². The molecule has 1 amide bonds. The summed E-state index contributed by atoms with van der Waals surface area (Å²) in [6, 6.07) is 7.10. The van der Waals surface area contributed by atoms with Crippen molar-refractivity contribution in [1.82, 2.24) is 14.9 Å². The number of nitrogens with zero attached hydrogens (tertiary/aromatic N) is 3. The van der Waals surface area contributed by atoms with Crippen molar-refractivity contribution in [3.8, 4) is 0 Å². The normalized spacial score (nSPS) is 17.3. The van der Waals surface area contributed by atoms with Crippen LogP contribution in [0.1, 0.15) is 11.9 Å². The van der Waals surface area contributed by atoms with Crippen molar-refractivity contribution in [1.29, 1.82) is 0 Å². The number of hydrogen-bond donors (Lipinski definition) is 2. The molecule has 3 heterocycles. The molecule has 0 saturated carbocycles. The van der Waals surface area contributed by atoms with Gasteiger partial charge < -0.3 is 24.9 Å². The van der Waals surface area contributed by atoms with E-state index in [0.29, 0.717) is 30.1 Å². The van der Waals surface area contributed by atoms with Gasteiger partial charge in [-0.2, -0.15) is 4.73 Å². The Kier molecular flexibility index (Phi) is 3.05. The molecule has 23 heavy (non-hydrogen) atoms. The molecule has 0 aliphatic carbocycles. The zero-order valence-corrected chi connectivity index (χ0v) is 12.1. The molecule has 1 atom stereocenters. The van der Waals surface area contributed by atoms with E-state index in [0.717, 1.165) is 15.6 Å². The number of ether oxygens (including phenoxy) is 1. The zero-order chi connectivity index (χ0) is 16.0. The van der Waals surface area contributed by atoms with Crippen LogP contribution >= 0.6 is 0 Å². The largest absolute Gasteiger partial charge is 0.618 e. The number of carbonyl (C=O) groups is 1. The Morgan fingerprint density at radius 2 is 2.35 bits per heavy atom. The highest BCUT2D eigenvalue weighted by Crippen LogP contribution is 2.29. The van der Waals surface area contributed by atoms with E-state index < -0.39 is 6.09 Å². The monoisotopic (exact) mass is 314 g/mol. The molecule has 2 N–H and O–H groups in total. The standard InChI is InChI=1S/C15H14N4O4/c20-15(21)16-5-9-7-23-8-13-17-11-6-18(22)12-4-2-1-3-10(12)14(11)19(9)13/h1-4,6,9,16H,5,7-8H2,(H,20,21)/t9-/m0/s1. The first-order valence-corrected chi connectivity index (χ1v) is 7.21. The molecule has 2 aromatic heterocycles. The van der Waals surface area contributed by atoms with Gasteiger partial charge in [0.05, 0.1) is 23.6 Å². The van der Waals surface area contributed by atoms with Crippen molar-refractivity contribution in [3.63, 3.8) is 0 Å². The van der Waals surface area contributed by atoms with E-state index in [4.69, 9.17) is 9.84 Å². The average molecular weight is 314 g/mol. The number of amides is 1. The molecule has 0 spiro atoms. The van der Waals surface area contributed by atoms with Crippen LogP contribution in [0.25, 0.3) is 21.9 Å². The highest BCUT2D eigenvalue weighted by atomic mass is 16.5. The van der Waals surface area contributed by atoms with Crippen LogP contribution in [-0.4, -0.2) is 33.9 Å². The lowest BCUT2D eigenvalue weighted by Gasteiger charge is -2.26. The van der Waals surface area contributed by atoms with Gasteiger partial charge in [-0.15, -0.1) is 0 Å². The summed E-state index contributed by atoms with van der Waals surface area (Å²) in [7, 11) is 0. The van der Waals surface area contributed by atoms with Gasteiger partial charge in [0.15, 0.2) is 5.52 Å². The lowest BCUT2D eigenvalue weighted by atomic mass is 10.1. The summed E-state index contributed by atoms with van der Waals surface area (Å²) < 4.78 is 8.30. The number of para-hydroxylation sites is 1. The smallest absolute Gasteiger partial charge is 0.404 e. The van der Waals surface area contributed by atoms with Crippen molar-refractivity contribution in [2.24, 2.45) is 0 Å². The van der Waals surface area contributed by atoms with Crippen LogP contribution in [0.5, 0.6) is 0 Å². The minimum Gasteiger partial charge on any atom is -0.618 e. The summed E-state index contributed by atoms with van der Waals surface area (Å²) in [5.41, 5.74) is 1.97. The number of hydrogen-bond acceptors (Lipinski definition) is 4. The Morgan fingerprint density at radius 3 is 3.17 bits per heavy atom. The average Bonchev–Trinajstić information content (AvgIpc) is 2.91. The molecule has 0 unspecified atom stereocenters. The summed E-state index contributed by atoms with van der Waals surface area (Å²) in [5, 5.41) is 24.2. The Morgan fingerprint density at radius 1 is 1.52 bits per heavy atom.